The summed E-state index contributed by atoms with van der Waals surface area (Å²) in [4.78, 5) is 37.9. The van der Waals surface area contributed by atoms with Crippen LogP contribution in [-0.4, -0.2) is 42.5 Å². The number of rotatable bonds is 9. The molecule has 2 aromatic carbocycles. The summed E-state index contributed by atoms with van der Waals surface area (Å²) >= 11 is 3.43. The zero-order valence-electron chi connectivity index (χ0n) is 18.1. The molecule has 3 rings (SSSR count). The lowest BCUT2D eigenvalue weighted by atomic mass is 10.1. The van der Waals surface area contributed by atoms with Crippen LogP contribution in [0.4, 0.5) is 14.9 Å². The summed E-state index contributed by atoms with van der Waals surface area (Å²) in [6.45, 7) is 4.06. The molecule has 174 valence electrons. The van der Waals surface area contributed by atoms with Gasteiger partial charge in [0.05, 0.1) is 6.61 Å². The molecule has 10 heteroatoms. The number of benzene rings is 2. The topological polar surface area (TPSA) is 97.0 Å². The number of hydrogen-bond acceptors (Lipinski definition) is 5. The molecule has 2 aromatic rings. The quantitative estimate of drug-likeness (QED) is 0.380. The maximum atomic E-state index is 13.0. The summed E-state index contributed by atoms with van der Waals surface area (Å²) in [5, 5.41) is 5.19. The number of urea groups is 1. The Labute approximate surface area is 198 Å². The molecule has 0 aliphatic carbocycles. The summed E-state index contributed by atoms with van der Waals surface area (Å²) < 4.78 is 24.8. The fraction of sp³-hybridized carbons (Fsp3) is 0.261. The molecule has 1 fully saturated rings. The number of imide groups is 1. The molecule has 0 bridgehead atoms. The second-order valence-corrected chi connectivity index (χ2v) is 7.90. The average Bonchev–Trinajstić information content (AvgIpc) is 3.04. The van der Waals surface area contributed by atoms with E-state index in [9.17, 15) is 18.8 Å². The predicted octanol–water partition coefficient (Wildman–Crippen LogP) is 4.31. The highest BCUT2D eigenvalue weighted by Crippen LogP contribution is 2.35. The van der Waals surface area contributed by atoms with Crippen molar-refractivity contribution < 1.29 is 28.2 Å². The van der Waals surface area contributed by atoms with Crippen LogP contribution in [0.2, 0.25) is 0 Å². The molecule has 33 heavy (non-hydrogen) atoms. The van der Waals surface area contributed by atoms with Crippen molar-refractivity contribution in [2.24, 2.45) is 0 Å². The van der Waals surface area contributed by atoms with Gasteiger partial charge in [0.1, 0.15) is 11.5 Å². The number of ether oxygens (including phenoxy) is 2. The van der Waals surface area contributed by atoms with Crippen molar-refractivity contribution in [3.63, 3.8) is 0 Å². The number of nitrogens with zero attached hydrogens (tertiary/aromatic N) is 1. The van der Waals surface area contributed by atoms with E-state index in [0.29, 0.717) is 46.8 Å². The van der Waals surface area contributed by atoms with Gasteiger partial charge < -0.3 is 20.1 Å². The SMILES string of the molecule is CCCN1C(=O)N/C(=C/c2cc(OCC)c(OCC(=O)Nc3ccc(F)cc3)cc2Br)C1=O. The van der Waals surface area contributed by atoms with E-state index in [-0.39, 0.29) is 12.3 Å². The zero-order valence-corrected chi connectivity index (χ0v) is 19.7. The van der Waals surface area contributed by atoms with Crippen molar-refractivity contribution in [2.45, 2.75) is 20.3 Å². The molecule has 8 nitrogen and oxygen atoms in total. The number of amides is 4. The van der Waals surface area contributed by atoms with Crippen LogP contribution in [0.3, 0.4) is 0 Å². The van der Waals surface area contributed by atoms with Gasteiger partial charge in [0, 0.05) is 16.7 Å². The van der Waals surface area contributed by atoms with Crippen LogP contribution in [0.25, 0.3) is 6.08 Å². The average molecular weight is 520 g/mol. The van der Waals surface area contributed by atoms with E-state index < -0.39 is 23.7 Å². The Hall–Kier alpha value is -3.40. The van der Waals surface area contributed by atoms with Gasteiger partial charge in [-0.05, 0) is 61.4 Å². The third-order valence-corrected chi connectivity index (χ3v) is 5.25. The minimum Gasteiger partial charge on any atom is -0.490 e. The highest BCUT2D eigenvalue weighted by molar-refractivity contribution is 9.10. The molecule has 0 aromatic heterocycles. The van der Waals surface area contributed by atoms with E-state index in [1.54, 1.807) is 25.1 Å². The fourth-order valence-corrected chi connectivity index (χ4v) is 3.51. The van der Waals surface area contributed by atoms with E-state index in [1.807, 2.05) is 6.92 Å². The Morgan fingerprint density at radius 2 is 1.85 bits per heavy atom. The summed E-state index contributed by atoms with van der Waals surface area (Å²) in [5.74, 6) is -0.549. The minimum absolute atomic E-state index is 0.156. The number of nitrogens with one attached hydrogen (secondary N) is 2. The van der Waals surface area contributed by atoms with Crippen molar-refractivity contribution in [1.82, 2.24) is 10.2 Å². The Kier molecular flexibility index (Phi) is 8.05. The van der Waals surface area contributed by atoms with Gasteiger partial charge in [-0.1, -0.05) is 22.9 Å². The first-order valence-electron chi connectivity index (χ1n) is 10.3. The third kappa shape index (κ3) is 6.10. The molecule has 0 spiro atoms. The standard InChI is InChI=1S/C23H23BrFN3O5/c1-3-9-28-22(30)18(27-23(28)31)10-14-11-19(32-4-2)20(12-17(14)24)33-13-21(29)26-16-7-5-15(25)6-8-16/h5-8,10-12H,3-4,9,13H2,1-2H3,(H,26,29)(H,27,31)/b18-10+. The van der Waals surface area contributed by atoms with Crippen molar-refractivity contribution in [1.29, 1.82) is 0 Å². The van der Waals surface area contributed by atoms with Crippen LogP contribution < -0.4 is 20.1 Å². The molecule has 0 saturated carbocycles. The molecule has 4 amide bonds. The second kappa shape index (κ2) is 11.0. The molecule has 1 aliphatic heterocycles. The summed E-state index contributed by atoms with van der Waals surface area (Å²) in [6.07, 6.45) is 2.21. The second-order valence-electron chi connectivity index (χ2n) is 7.04. The maximum absolute atomic E-state index is 13.0. The van der Waals surface area contributed by atoms with Crippen LogP contribution in [-0.2, 0) is 9.59 Å². The first kappa shape index (κ1) is 24.2. The molecular formula is C23H23BrFN3O5. The van der Waals surface area contributed by atoms with Crippen LogP contribution >= 0.6 is 15.9 Å². The number of carbonyl (C=O) groups is 3. The Morgan fingerprint density at radius 1 is 1.15 bits per heavy atom. The Morgan fingerprint density at radius 3 is 2.52 bits per heavy atom. The van der Waals surface area contributed by atoms with Crippen molar-refractivity contribution >= 4 is 45.5 Å². The van der Waals surface area contributed by atoms with E-state index in [0.717, 1.165) is 4.90 Å². The van der Waals surface area contributed by atoms with Crippen LogP contribution in [0.15, 0.2) is 46.6 Å². The Bertz CT molecular complexity index is 1090. The first-order chi connectivity index (χ1) is 15.8. The number of hydrogen-bond donors (Lipinski definition) is 2. The lowest BCUT2D eigenvalue weighted by molar-refractivity contribution is -0.123. The first-order valence-corrected chi connectivity index (χ1v) is 11.1. The van der Waals surface area contributed by atoms with Crippen molar-refractivity contribution in [3.8, 4) is 11.5 Å². The molecule has 2 N–H and O–H groups in total. The monoisotopic (exact) mass is 519 g/mol. The van der Waals surface area contributed by atoms with Crippen LogP contribution in [0, 0.1) is 5.82 Å². The molecule has 1 saturated heterocycles. The van der Waals surface area contributed by atoms with E-state index >= 15 is 0 Å². The highest BCUT2D eigenvalue weighted by atomic mass is 79.9. The number of halogens is 2. The van der Waals surface area contributed by atoms with E-state index in [1.165, 1.54) is 24.3 Å². The van der Waals surface area contributed by atoms with Gasteiger partial charge in [-0.25, -0.2) is 9.18 Å². The smallest absolute Gasteiger partial charge is 0.329 e. The number of carbonyl (C=O) groups excluding carboxylic acids is 3. The lowest BCUT2D eigenvalue weighted by Crippen LogP contribution is -2.31. The van der Waals surface area contributed by atoms with Crippen LogP contribution in [0.5, 0.6) is 11.5 Å². The molecule has 0 unspecified atom stereocenters. The lowest BCUT2D eigenvalue weighted by Gasteiger charge is -2.14. The van der Waals surface area contributed by atoms with Crippen molar-refractivity contribution in [3.05, 3.63) is 57.9 Å². The fourth-order valence-electron chi connectivity index (χ4n) is 3.07. The van der Waals surface area contributed by atoms with Gasteiger partial charge in [-0.3, -0.25) is 14.5 Å². The molecular weight excluding hydrogens is 497 g/mol. The van der Waals surface area contributed by atoms with Crippen LogP contribution in [0.1, 0.15) is 25.8 Å². The van der Waals surface area contributed by atoms with Gasteiger partial charge in [0.25, 0.3) is 11.8 Å². The summed E-state index contributed by atoms with van der Waals surface area (Å²) in [6, 6.07) is 8.19. The van der Waals surface area contributed by atoms with Gasteiger partial charge in [0.2, 0.25) is 0 Å². The summed E-state index contributed by atoms with van der Waals surface area (Å²) in [5.41, 5.74) is 1.19. The predicted molar refractivity (Wildman–Crippen MR) is 124 cm³/mol. The molecule has 1 heterocycles. The van der Waals surface area contributed by atoms with E-state index in [4.69, 9.17) is 9.47 Å². The van der Waals surface area contributed by atoms with Crippen molar-refractivity contribution in [2.75, 3.05) is 25.1 Å². The normalized spacial score (nSPS) is 14.4. The van der Waals surface area contributed by atoms with E-state index in [2.05, 4.69) is 26.6 Å². The molecule has 1 aliphatic rings. The third-order valence-electron chi connectivity index (χ3n) is 4.56. The number of anilines is 1. The Balaban J connectivity index is 1.75. The largest absolute Gasteiger partial charge is 0.490 e. The van der Waals surface area contributed by atoms with Gasteiger partial charge in [-0.15, -0.1) is 0 Å². The zero-order chi connectivity index (χ0) is 24.0. The van der Waals surface area contributed by atoms with Gasteiger partial charge in [0.15, 0.2) is 18.1 Å². The highest BCUT2D eigenvalue weighted by Gasteiger charge is 2.32. The van der Waals surface area contributed by atoms with Gasteiger partial charge in [-0.2, -0.15) is 0 Å². The molecule has 0 atom stereocenters. The maximum Gasteiger partial charge on any atom is 0.329 e. The minimum atomic E-state index is -0.457. The molecule has 0 radical (unpaired) electrons. The van der Waals surface area contributed by atoms with Gasteiger partial charge >= 0.3 is 6.03 Å². The summed E-state index contributed by atoms with van der Waals surface area (Å²) in [7, 11) is 0.